The molecule has 0 amide bonds. The summed E-state index contributed by atoms with van der Waals surface area (Å²) in [5.74, 6) is 1.91. The van der Waals surface area contributed by atoms with Crippen molar-refractivity contribution in [3.8, 4) is 28.6 Å². The van der Waals surface area contributed by atoms with Gasteiger partial charge in [0.25, 0.3) is 5.89 Å². The maximum atomic E-state index is 12.0. The van der Waals surface area contributed by atoms with Crippen LogP contribution in [-0.2, 0) is 16.0 Å². The molecule has 0 radical (unpaired) electrons. The van der Waals surface area contributed by atoms with Gasteiger partial charge in [0.15, 0.2) is 0 Å². The molecule has 0 saturated carbocycles. The minimum absolute atomic E-state index is 0.0374. The number of carbonyl (C=O) groups is 1. The van der Waals surface area contributed by atoms with E-state index < -0.39 is 0 Å². The monoisotopic (exact) mass is 463 g/mol. The Bertz CT molecular complexity index is 1260. The highest BCUT2D eigenvalue weighted by Crippen LogP contribution is 2.37. The molecule has 1 heterocycles. The second-order valence-electron chi connectivity index (χ2n) is 7.75. The molecule has 1 aliphatic rings. The van der Waals surface area contributed by atoms with Crippen LogP contribution in [-0.4, -0.2) is 28.1 Å². The highest BCUT2D eigenvalue weighted by atomic mass is 35.5. The van der Waals surface area contributed by atoms with Crippen molar-refractivity contribution in [2.75, 3.05) is 5.88 Å². The molecule has 1 aromatic heterocycles. The molecule has 0 aliphatic heterocycles. The van der Waals surface area contributed by atoms with Gasteiger partial charge in [-0.05, 0) is 56.5 Å². The Balaban J connectivity index is 1.58. The number of carbonyl (C=O) groups excluding carboxylic acids is 1. The Morgan fingerprint density at radius 2 is 2.09 bits per heavy atom. The third-order valence-corrected chi connectivity index (χ3v) is 5.29. The minimum Gasteiger partial charge on any atom is -0.502 e. The van der Waals surface area contributed by atoms with Gasteiger partial charge in [-0.1, -0.05) is 23.4 Å². The summed E-state index contributed by atoms with van der Waals surface area (Å²) in [4.78, 5) is 20.1. The number of esters is 1. The standard InChI is InChI=1S/C25H22ClN3O4/c1-15(2)31-22-11-9-16(14-20(22)27-3)25-28-24(29-33-25)19-7-4-6-18-17(19)10-12-21(18)32-23(30)8-5-13-26/h4,6-7,9,11-12,14-15H,5,8,10,13H2,1-2H3. The van der Waals surface area contributed by atoms with Crippen LogP contribution in [0.1, 0.15) is 37.8 Å². The molecule has 2 aromatic carbocycles. The van der Waals surface area contributed by atoms with Gasteiger partial charge in [0.1, 0.15) is 11.5 Å². The Morgan fingerprint density at radius 1 is 1.27 bits per heavy atom. The van der Waals surface area contributed by atoms with Crippen LogP contribution in [0.5, 0.6) is 5.75 Å². The molecule has 0 atom stereocenters. The lowest BCUT2D eigenvalue weighted by molar-refractivity contribution is -0.136. The summed E-state index contributed by atoms with van der Waals surface area (Å²) in [5.41, 5.74) is 3.62. The molecule has 8 heteroatoms. The van der Waals surface area contributed by atoms with Crippen molar-refractivity contribution < 1.29 is 18.8 Å². The number of alkyl halides is 1. The summed E-state index contributed by atoms with van der Waals surface area (Å²) in [6, 6.07) is 10.9. The van der Waals surface area contributed by atoms with Gasteiger partial charge in [-0.2, -0.15) is 4.98 Å². The van der Waals surface area contributed by atoms with Crippen LogP contribution in [0.2, 0.25) is 0 Å². The highest BCUT2D eigenvalue weighted by Gasteiger charge is 2.23. The number of rotatable bonds is 8. The molecule has 0 N–H and O–H groups in total. The van der Waals surface area contributed by atoms with Crippen molar-refractivity contribution in [1.82, 2.24) is 10.1 Å². The van der Waals surface area contributed by atoms with Crippen LogP contribution >= 0.6 is 11.6 Å². The zero-order valence-corrected chi connectivity index (χ0v) is 19.1. The lowest BCUT2D eigenvalue weighted by Crippen LogP contribution is -2.05. The Hall–Kier alpha value is -3.63. The number of fused-ring (bicyclic) bond motifs is 1. The molecular formula is C25H22ClN3O4. The molecule has 7 nitrogen and oxygen atoms in total. The number of ether oxygens (including phenoxy) is 2. The molecule has 0 fully saturated rings. The van der Waals surface area contributed by atoms with E-state index in [0.29, 0.717) is 53.2 Å². The fourth-order valence-corrected chi connectivity index (χ4v) is 3.71. The van der Waals surface area contributed by atoms with Crippen molar-refractivity contribution in [3.63, 3.8) is 0 Å². The number of nitrogens with zero attached hydrogens (tertiary/aromatic N) is 3. The van der Waals surface area contributed by atoms with E-state index in [-0.39, 0.29) is 18.5 Å². The molecule has 3 aromatic rings. The predicted octanol–water partition coefficient (Wildman–Crippen LogP) is 6.20. The fraction of sp³-hybridized carbons (Fsp3) is 0.280. The first-order chi connectivity index (χ1) is 16.0. The van der Waals surface area contributed by atoms with Crippen LogP contribution < -0.4 is 4.74 Å². The van der Waals surface area contributed by atoms with Crippen LogP contribution in [0, 0.1) is 6.57 Å². The molecule has 0 spiro atoms. The van der Waals surface area contributed by atoms with Crippen molar-refractivity contribution in [2.45, 2.75) is 39.2 Å². The first kappa shape index (κ1) is 22.6. The maximum absolute atomic E-state index is 12.0. The van der Waals surface area contributed by atoms with E-state index in [2.05, 4.69) is 15.0 Å². The Morgan fingerprint density at radius 3 is 2.85 bits per heavy atom. The molecule has 1 aliphatic carbocycles. The van der Waals surface area contributed by atoms with E-state index in [1.54, 1.807) is 18.2 Å². The molecule has 0 bridgehead atoms. The second kappa shape index (κ2) is 9.88. The summed E-state index contributed by atoms with van der Waals surface area (Å²) in [7, 11) is 0. The fourth-order valence-electron chi connectivity index (χ4n) is 3.57. The summed E-state index contributed by atoms with van der Waals surface area (Å²) in [5, 5.41) is 4.15. The van der Waals surface area contributed by atoms with Gasteiger partial charge in [0, 0.05) is 29.0 Å². The van der Waals surface area contributed by atoms with Crippen molar-refractivity contribution in [2.24, 2.45) is 0 Å². The first-order valence-electron chi connectivity index (χ1n) is 10.6. The van der Waals surface area contributed by atoms with Crippen LogP contribution in [0.15, 0.2) is 47.0 Å². The number of halogens is 1. The topological polar surface area (TPSA) is 78.8 Å². The van der Waals surface area contributed by atoms with E-state index in [1.807, 2.05) is 38.1 Å². The zero-order chi connectivity index (χ0) is 23.4. The van der Waals surface area contributed by atoms with Gasteiger partial charge in [0.05, 0.1) is 12.7 Å². The average Bonchev–Trinajstić information content (AvgIpc) is 3.45. The predicted molar refractivity (Wildman–Crippen MR) is 125 cm³/mol. The van der Waals surface area contributed by atoms with Gasteiger partial charge >= 0.3 is 5.97 Å². The van der Waals surface area contributed by atoms with Gasteiger partial charge < -0.3 is 14.0 Å². The van der Waals surface area contributed by atoms with E-state index in [0.717, 1.165) is 16.7 Å². The quantitative estimate of drug-likeness (QED) is 0.225. The summed E-state index contributed by atoms with van der Waals surface area (Å²) < 4.78 is 16.7. The van der Waals surface area contributed by atoms with E-state index in [9.17, 15) is 4.79 Å². The molecule has 168 valence electrons. The SMILES string of the molecule is [C-]#[N+]c1cc(-c2nc(-c3cccc4c3CC=C4OC(=O)CCCCl)no2)ccc1OC(C)C. The smallest absolute Gasteiger partial charge is 0.311 e. The van der Waals surface area contributed by atoms with Gasteiger partial charge in [-0.15, -0.1) is 11.6 Å². The number of aromatic nitrogens is 2. The van der Waals surface area contributed by atoms with Crippen LogP contribution in [0.25, 0.3) is 33.4 Å². The first-order valence-corrected chi connectivity index (χ1v) is 11.1. The molecule has 4 rings (SSSR count). The summed E-state index contributed by atoms with van der Waals surface area (Å²) >= 11 is 5.66. The van der Waals surface area contributed by atoms with E-state index in [4.69, 9.17) is 32.2 Å². The third kappa shape index (κ3) is 4.91. The van der Waals surface area contributed by atoms with Crippen LogP contribution in [0.4, 0.5) is 5.69 Å². The van der Waals surface area contributed by atoms with Crippen molar-refractivity contribution in [1.29, 1.82) is 0 Å². The molecule has 33 heavy (non-hydrogen) atoms. The number of hydrogen-bond acceptors (Lipinski definition) is 6. The normalized spacial score (nSPS) is 12.3. The lowest BCUT2D eigenvalue weighted by Gasteiger charge is -2.11. The van der Waals surface area contributed by atoms with Gasteiger partial charge in [-0.3, -0.25) is 4.79 Å². The van der Waals surface area contributed by atoms with Crippen LogP contribution in [0.3, 0.4) is 0 Å². The number of hydrogen-bond donors (Lipinski definition) is 0. The van der Waals surface area contributed by atoms with E-state index in [1.165, 1.54) is 0 Å². The van der Waals surface area contributed by atoms with Crippen molar-refractivity contribution >= 4 is 29.0 Å². The summed E-state index contributed by atoms with van der Waals surface area (Å²) in [6.45, 7) is 11.3. The molecule has 0 saturated heterocycles. The number of benzene rings is 2. The average molecular weight is 464 g/mol. The lowest BCUT2D eigenvalue weighted by atomic mass is 10.0. The highest BCUT2D eigenvalue weighted by molar-refractivity contribution is 6.17. The second-order valence-corrected chi connectivity index (χ2v) is 8.13. The largest absolute Gasteiger partial charge is 0.502 e. The van der Waals surface area contributed by atoms with Gasteiger partial charge in [-0.25, -0.2) is 4.85 Å². The zero-order valence-electron chi connectivity index (χ0n) is 18.3. The third-order valence-electron chi connectivity index (χ3n) is 5.03. The molecule has 0 unspecified atom stereocenters. The Labute approximate surface area is 196 Å². The number of allylic oxidation sites excluding steroid dienone is 1. The van der Waals surface area contributed by atoms with E-state index >= 15 is 0 Å². The Kier molecular flexibility index (Phi) is 6.76. The minimum atomic E-state index is -0.303. The maximum Gasteiger partial charge on any atom is 0.311 e. The van der Waals surface area contributed by atoms with Crippen molar-refractivity contribution in [3.05, 3.63) is 65.0 Å². The molecular weight excluding hydrogens is 442 g/mol. The van der Waals surface area contributed by atoms with Gasteiger partial charge in [0.2, 0.25) is 11.5 Å². The summed E-state index contributed by atoms with van der Waals surface area (Å²) in [6.07, 6.45) is 3.29.